The van der Waals surface area contributed by atoms with E-state index in [4.69, 9.17) is 9.47 Å². The number of hydrogen-bond donors (Lipinski definition) is 1. The van der Waals surface area contributed by atoms with Crippen molar-refractivity contribution in [2.75, 3.05) is 13.1 Å². The Kier molecular flexibility index (Phi) is 8.19. The molecule has 0 bridgehead atoms. The van der Waals surface area contributed by atoms with Gasteiger partial charge in [0.25, 0.3) is 0 Å². The molecule has 1 heterocycles. The zero-order valence-corrected chi connectivity index (χ0v) is 21.6. The van der Waals surface area contributed by atoms with Crippen LogP contribution in [0.15, 0.2) is 42.5 Å². The summed E-state index contributed by atoms with van der Waals surface area (Å²) in [4.78, 5) is 29.0. The van der Waals surface area contributed by atoms with Crippen LogP contribution < -0.4 is 10.1 Å². The van der Waals surface area contributed by atoms with E-state index in [-0.39, 0.29) is 31.7 Å². The summed E-state index contributed by atoms with van der Waals surface area (Å²) < 4.78 is 39.2. The summed E-state index contributed by atoms with van der Waals surface area (Å²) in [5.74, 6) is -0.560. The van der Waals surface area contributed by atoms with Crippen molar-refractivity contribution >= 4 is 12.1 Å². The van der Waals surface area contributed by atoms with Crippen molar-refractivity contribution in [3.05, 3.63) is 65.2 Å². The quantitative estimate of drug-likeness (QED) is 0.499. The van der Waals surface area contributed by atoms with Gasteiger partial charge in [0.2, 0.25) is 0 Å². The molecule has 0 spiro atoms. The highest BCUT2D eigenvalue weighted by Crippen LogP contribution is 2.27. The number of likely N-dealkylation sites (tertiary alicyclic amines) is 1. The number of nitrogens with zero attached hydrogens (tertiary/aromatic N) is 2. The molecule has 1 saturated heterocycles. The van der Waals surface area contributed by atoms with Gasteiger partial charge in [-0.25, -0.2) is 18.4 Å². The largest absolute Gasteiger partial charge is 0.490 e. The zero-order valence-electron chi connectivity index (χ0n) is 21.6. The van der Waals surface area contributed by atoms with Gasteiger partial charge in [-0.05, 0) is 70.2 Å². The van der Waals surface area contributed by atoms with Gasteiger partial charge in [-0.15, -0.1) is 0 Å². The molecule has 37 heavy (non-hydrogen) atoms. The van der Waals surface area contributed by atoms with Gasteiger partial charge in [0.1, 0.15) is 23.0 Å². The Bertz CT molecular complexity index is 1100. The van der Waals surface area contributed by atoms with Crippen molar-refractivity contribution in [3.8, 4) is 5.75 Å². The average molecular weight is 518 g/mol. The predicted octanol–water partition coefficient (Wildman–Crippen LogP) is 5.86. The zero-order chi connectivity index (χ0) is 26.6. The Labute approximate surface area is 218 Å². The van der Waals surface area contributed by atoms with E-state index >= 15 is 0 Å². The fraction of sp³-hybridized carbons (Fsp3) is 0.500. The minimum atomic E-state index is -0.699. The fourth-order valence-electron chi connectivity index (χ4n) is 4.23. The van der Waals surface area contributed by atoms with Gasteiger partial charge in [0.05, 0.1) is 12.6 Å². The molecule has 0 unspecified atom stereocenters. The number of piperidine rings is 1. The van der Waals surface area contributed by atoms with E-state index in [1.165, 1.54) is 12.1 Å². The minimum Gasteiger partial charge on any atom is -0.490 e. The van der Waals surface area contributed by atoms with Crippen LogP contribution in [0.3, 0.4) is 0 Å². The normalized spacial score (nSPS) is 16.3. The van der Waals surface area contributed by atoms with Crippen LogP contribution in [-0.4, -0.2) is 52.8 Å². The fourth-order valence-corrected chi connectivity index (χ4v) is 4.23. The van der Waals surface area contributed by atoms with Crippen LogP contribution >= 0.6 is 0 Å². The van der Waals surface area contributed by atoms with Crippen molar-refractivity contribution in [1.82, 2.24) is 15.1 Å². The summed E-state index contributed by atoms with van der Waals surface area (Å²) >= 11 is 0. The van der Waals surface area contributed by atoms with E-state index in [2.05, 4.69) is 5.32 Å². The van der Waals surface area contributed by atoms with Crippen molar-refractivity contribution in [1.29, 1.82) is 0 Å². The van der Waals surface area contributed by atoms with Crippen LogP contribution in [0.4, 0.5) is 18.4 Å². The van der Waals surface area contributed by atoms with Crippen molar-refractivity contribution in [2.24, 2.45) is 0 Å². The molecule has 2 aliphatic rings. The highest BCUT2D eigenvalue weighted by atomic mass is 19.1. The Hall–Kier alpha value is -3.36. The average Bonchev–Trinajstić information content (AvgIpc) is 3.66. The molecule has 1 saturated carbocycles. The minimum absolute atomic E-state index is 0. The third-order valence-corrected chi connectivity index (χ3v) is 6.37. The molecular weight excluding hydrogens is 480 g/mol. The van der Waals surface area contributed by atoms with E-state index in [0.29, 0.717) is 38.6 Å². The monoisotopic (exact) mass is 517 g/mol. The predicted molar refractivity (Wildman–Crippen MR) is 137 cm³/mol. The van der Waals surface area contributed by atoms with E-state index in [9.17, 15) is 18.4 Å². The van der Waals surface area contributed by atoms with Gasteiger partial charge in [-0.2, -0.15) is 0 Å². The second kappa shape index (κ2) is 11.4. The summed E-state index contributed by atoms with van der Waals surface area (Å²) in [5.41, 5.74) is 0.541. The first kappa shape index (κ1) is 26.7. The summed E-state index contributed by atoms with van der Waals surface area (Å²) in [6.45, 7) is 6.55. The molecule has 2 fully saturated rings. The molecule has 2 aromatic rings. The third-order valence-electron chi connectivity index (χ3n) is 6.37. The van der Waals surface area contributed by atoms with Crippen LogP contribution in [0.5, 0.6) is 5.75 Å². The molecular formula is C28H37F2N3O4. The molecule has 0 radical (unpaired) electrons. The topological polar surface area (TPSA) is 71.1 Å². The van der Waals surface area contributed by atoms with Crippen LogP contribution in [0.1, 0.15) is 59.0 Å². The summed E-state index contributed by atoms with van der Waals surface area (Å²) in [5, 5.41) is 2.93. The SMILES string of the molecule is CC(C)(C)OC(=O)N1CCC(N(Cc2ccc(F)cc2F)C(=O)NCc2ccc(OC3CC3)cc2)CC1.[HH]. The number of rotatable bonds is 7. The van der Waals surface area contributed by atoms with Gasteiger partial charge >= 0.3 is 12.1 Å². The van der Waals surface area contributed by atoms with E-state index < -0.39 is 17.2 Å². The smallest absolute Gasteiger partial charge is 0.410 e. The van der Waals surface area contributed by atoms with Gasteiger partial charge in [-0.3, -0.25) is 0 Å². The lowest BCUT2D eigenvalue weighted by atomic mass is 10.0. The van der Waals surface area contributed by atoms with Crippen molar-refractivity contribution < 1.29 is 29.3 Å². The van der Waals surface area contributed by atoms with Gasteiger partial charge in [0, 0.05) is 38.7 Å². The maximum absolute atomic E-state index is 14.5. The number of amides is 3. The highest BCUT2D eigenvalue weighted by Gasteiger charge is 2.32. The number of ether oxygens (including phenoxy) is 2. The van der Waals surface area contributed by atoms with Gasteiger partial charge in [-0.1, -0.05) is 18.2 Å². The number of urea groups is 1. The molecule has 1 aliphatic heterocycles. The Balaban J connectivity index is 0.00000400. The first-order valence-electron chi connectivity index (χ1n) is 12.8. The third kappa shape index (κ3) is 7.81. The van der Waals surface area contributed by atoms with Crippen LogP contribution in [-0.2, 0) is 17.8 Å². The maximum Gasteiger partial charge on any atom is 0.410 e. The maximum atomic E-state index is 14.5. The second-order valence-electron chi connectivity index (χ2n) is 10.7. The summed E-state index contributed by atoms with van der Waals surface area (Å²) in [6, 6.07) is 10.4. The summed E-state index contributed by atoms with van der Waals surface area (Å²) in [6.07, 6.45) is 3.12. The molecule has 7 nitrogen and oxygen atoms in total. The lowest BCUT2D eigenvalue weighted by molar-refractivity contribution is 0.0160. The highest BCUT2D eigenvalue weighted by molar-refractivity contribution is 5.75. The lowest BCUT2D eigenvalue weighted by Crippen LogP contribution is -2.51. The van der Waals surface area contributed by atoms with Gasteiger partial charge < -0.3 is 24.6 Å². The molecule has 1 N–H and O–H groups in total. The Morgan fingerprint density at radius 1 is 1.05 bits per heavy atom. The van der Waals surface area contributed by atoms with Gasteiger partial charge in [0.15, 0.2) is 0 Å². The molecule has 4 rings (SSSR count). The van der Waals surface area contributed by atoms with E-state index in [0.717, 1.165) is 30.2 Å². The molecule has 202 valence electrons. The molecule has 9 heteroatoms. The number of hydrogen-bond acceptors (Lipinski definition) is 4. The first-order valence-corrected chi connectivity index (χ1v) is 12.8. The van der Waals surface area contributed by atoms with Crippen LogP contribution in [0.2, 0.25) is 0 Å². The second-order valence-corrected chi connectivity index (χ2v) is 10.7. The molecule has 2 aromatic carbocycles. The Morgan fingerprint density at radius 2 is 1.73 bits per heavy atom. The standard InChI is InChI=1S/C28H35F2N3O4.H2/c1-28(2,3)37-27(35)32-14-12-22(13-15-32)33(18-20-6-7-21(29)16-25(20)30)26(34)31-17-19-4-8-23(9-5-19)36-24-10-11-24;/h4-9,16,22,24H,10-15,17-18H2,1-3H3,(H,31,34);1H. The number of benzene rings is 2. The number of carbonyl (C=O) groups is 2. The first-order chi connectivity index (χ1) is 17.6. The van der Waals surface area contributed by atoms with Crippen molar-refractivity contribution in [2.45, 2.75) is 77.3 Å². The number of carbonyl (C=O) groups excluding carboxylic acids is 2. The molecule has 0 atom stereocenters. The van der Waals surface area contributed by atoms with Crippen LogP contribution in [0, 0.1) is 11.6 Å². The molecule has 1 aliphatic carbocycles. The van der Waals surface area contributed by atoms with E-state index in [1.54, 1.807) is 9.80 Å². The lowest BCUT2D eigenvalue weighted by Gasteiger charge is -2.39. The van der Waals surface area contributed by atoms with Crippen LogP contribution in [0.25, 0.3) is 0 Å². The molecule has 3 amide bonds. The van der Waals surface area contributed by atoms with Crippen molar-refractivity contribution in [3.63, 3.8) is 0 Å². The van der Waals surface area contributed by atoms with E-state index in [1.807, 2.05) is 45.0 Å². The number of halogens is 2. The Morgan fingerprint density at radius 3 is 2.32 bits per heavy atom. The summed E-state index contributed by atoms with van der Waals surface area (Å²) in [7, 11) is 0. The molecule has 0 aromatic heterocycles. The number of nitrogens with one attached hydrogen (secondary N) is 1.